The summed E-state index contributed by atoms with van der Waals surface area (Å²) in [6.45, 7) is 3.76. The normalized spacial score (nSPS) is 17.4. The number of likely N-dealkylation sites (tertiary alicyclic amines) is 1. The van der Waals surface area contributed by atoms with Crippen LogP contribution in [0, 0.1) is 11.3 Å². The van der Waals surface area contributed by atoms with Gasteiger partial charge in [0.1, 0.15) is 11.0 Å². The molecule has 6 nitrogen and oxygen atoms in total. The molecule has 0 aromatic heterocycles. The van der Waals surface area contributed by atoms with Gasteiger partial charge >= 0.3 is 0 Å². The first-order chi connectivity index (χ1) is 15.0. The van der Waals surface area contributed by atoms with Crippen molar-refractivity contribution in [1.29, 1.82) is 5.26 Å². The van der Waals surface area contributed by atoms with E-state index >= 15 is 0 Å². The summed E-state index contributed by atoms with van der Waals surface area (Å²) in [6.07, 6.45) is 5.71. The van der Waals surface area contributed by atoms with Gasteiger partial charge in [0.25, 0.3) is 0 Å². The molecule has 31 heavy (non-hydrogen) atoms. The van der Waals surface area contributed by atoms with E-state index in [9.17, 15) is 9.00 Å². The Morgan fingerprint density at radius 1 is 1.13 bits per heavy atom. The van der Waals surface area contributed by atoms with Crippen LogP contribution in [0.3, 0.4) is 0 Å². The molecule has 2 aromatic rings. The number of hydrogen-bond donors (Lipinski definition) is 2. The molecule has 0 saturated carbocycles. The number of carbonyl (C=O) groups is 1. The van der Waals surface area contributed by atoms with Crippen LogP contribution in [0.1, 0.15) is 48.3 Å². The van der Waals surface area contributed by atoms with E-state index in [1.165, 1.54) is 18.4 Å². The quantitative estimate of drug-likeness (QED) is 0.748. The van der Waals surface area contributed by atoms with Gasteiger partial charge in [-0.3, -0.25) is 4.79 Å². The summed E-state index contributed by atoms with van der Waals surface area (Å²) in [7, 11) is -0.988. The van der Waals surface area contributed by atoms with E-state index in [4.69, 9.17) is 5.26 Å². The highest BCUT2D eigenvalue weighted by Crippen LogP contribution is 2.26. The third-order valence-corrected chi connectivity index (χ3v) is 6.13. The Morgan fingerprint density at radius 3 is 2.35 bits per heavy atom. The maximum absolute atomic E-state index is 11.4. The standard InChI is InChI=1S/C12H18N2OS.C12H12N2O/c1-16(15)14-12-4-2-10(3-5-12)11-6-8-13-9-7-11;13-8-10-3-5-11(6-4-10)9-14-7-1-2-12(14)15/h2-5,11,13-14H,6-9H2,1H3;3-6H,1-2,7,9H2. The molecule has 0 bridgehead atoms. The van der Waals surface area contributed by atoms with Crippen LogP contribution in [0.15, 0.2) is 48.5 Å². The van der Waals surface area contributed by atoms with Crippen LogP contribution >= 0.6 is 0 Å². The molecular formula is C24H30N4O2S. The molecule has 2 aliphatic rings. The fraction of sp³-hybridized carbons (Fsp3) is 0.417. The van der Waals surface area contributed by atoms with Gasteiger partial charge in [-0.1, -0.05) is 24.3 Å². The third-order valence-electron chi connectivity index (χ3n) is 5.61. The molecule has 2 aliphatic heterocycles. The van der Waals surface area contributed by atoms with Gasteiger partial charge in [-0.25, -0.2) is 4.21 Å². The zero-order valence-electron chi connectivity index (χ0n) is 18.0. The minimum atomic E-state index is -0.988. The molecule has 2 aromatic carbocycles. The first kappa shape index (κ1) is 23.0. The van der Waals surface area contributed by atoms with Gasteiger partial charge in [0, 0.05) is 31.5 Å². The molecule has 0 aliphatic carbocycles. The lowest BCUT2D eigenvalue weighted by Gasteiger charge is -2.23. The molecule has 1 amide bonds. The molecule has 2 saturated heterocycles. The van der Waals surface area contributed by atoms with Gasteiger partial charge in [-0.2, -0.15) is 5.26 Å². The topological polar surface area (TPSA) is 85.2 Å². The molecule has 0 radical (unpaired) electrons. The second-order valence-electron chi connectivity index (χ2n) is 7.93. The van der Waals surface area contributed by atoms with Crippen LogP contribution in [-0.2, 0) is 22.3 Å². The fourth-order valence-electron chi connectivity index (χ4n) is 3.92. The number of anilines is 1. The lowest BCUT2D eigenvalue weighted by molar-refractivity contribution is -0.128. The Balaban J connectivity index is 0.000000176. The van der Waals surface area contributed by atoms with E-state index in [0.29, 0.717) is 24.4 Å². The highest BCUT2D eigenvalue weighted by Gasteiger charge is 2.19. The second kappa shape index (κ2) is 11.6. The minimum absolute atomic E-state index is 0.236. The summed E-state index contributed by atoms with van der Waals surface area (Å²) in [5.74, 6) is 0.918. The van der Waals surface area contributed by atoms with Crippen molar-refractivity contribution < 1.29 is 9.00 Å². The first-order valence-corrected chi connectivity index (χ1v) is 12.3. The van der Waals surface area contributed by atoms with Gasteiger partial charge in [-0.05, 0) is 73.7 Å². The summed E-state index contributed by atoms with van der Waals surface area (Å²) >= 11 is 0. The molecule has 1 unspecified atom stereocenters. The minimum Gasteiger partial charge on any atom is -0.338 e. The van der Waals surface area contributed by atoms with E-state index in [-0.39, 0.29) is 5.91 Å². The van der Waals surface area contributed by atoms with Crippen molar-refractivity contribution in [3.63, 3.8) is 0 Å². The fourth-order valence-corrected chi connectivity index (χ4v) is 4.39. The first-order valence-electron chi connectivity index (χ1n) is 10.7. The van der Waals surface area contributed by atoms with Crippen molar-refractivity contribution in [2.75, 3.05) is 30.6 Å². The summed E-state index contributed by atoms with van der Waals surface area (Å²) in [6, 6.07) is 17.8. The average molecular weight is 439 g/mol. The number of rotatable bonds is 5. The van der Waals surface area contributed by atoms with Crippen molar-refractivity contribution in [2.45, 2.75) is 38.1 Å². The summed E-state index contributed by atoms with van der Waals surface area (Å²) in [5, 5.41) is 12.0. The van der Waals surface area contributed by atoms with E-state index in [0.717, 1.165) is 37.3 Å². The van der Waals surface area contributed by atoms with Crippen molar-refractivity contribution >= 4 is 22.6 Å². The Labute approximate surface area is 187 Å². The molecule has 2 heterocycles. The highest BCUT2D eigenvalue weighted by atomic mass is 32.2. The van der Waals surface area contributed by atoms with Gasteiger partial charge in [0.2, 0.25) is 5.91 Å². The van der Waals surface area contributed by atoms with Gasteiger partial charge in [-0.15, -0.1) is 0 Å². The Kier molecular flexibility index (Phi) is 8.63. The van der Waals surface area contributed by atoms with Crippen molar-refractivity contribution in [3.05, 3.63) is 65.2 Å². The molecule has 1 atom stereocenters. The number of amides is 1. The van der Waals surface area contributed by atoms with Crippen LogP contribution in [0.5, 0.6) is 0 Å². The van der Waals surface area contributed by atoms with E-state index in [2.05, 4.69) is 28.2 Å². The monoisotopic (exact) mass is 438 g/mol. The average Bonchev–Trinajstić information content (AvgIpc) is 3.20. The molecular weight excluding hydrogens is 408 g/mol. The number of piperidine rings is 1. The second-order valence-corrected chi connectivity index (χ2v) is 9.04. The zero-order valence-corrected chi connectivity index (χ0v) is 18.8. The van der Waals surface area contributed by atoms with Crippen LogP contribution < -0.4 is 10.0 Å². The predicted molar refractivity (Wildman–Crippen MR) is 125 cm³/mol. The molecule has 7 heteroatoms. The van der Waals surface area contributed by atoms with Crippen LogP contribution in [0.4, 0.5) is 5.69 Å². The van der Waals surface area contributed by atoms with Crippen LogP contribution in [-0.4, -0.2) is 40.9 Å². The van der Waals surface area contributed by atoms with Crippen molar-refractivity contribution in [1.82, 2.24) is 10.2 Å². The Bertz CT molecular complexity index is 916. The van der Waals surface area contributed by atoms with E-state index < -0.39 is 11.0 Å². The third kappa shape index (κ3) is 7.20. The Morgan fingerprint density at radius 2 is 1.81 bits per heavy atom. The summed E-state index contributed by atoms with van der Waals surface area (Å²) in [4.78, 5) is 13.2. The number of nitrogens with zero attached hydrogens (tertiary/aromatic N) is 2. The zero-order chi connectivity index (χ0) is 22.1. The van der Waals surface area contributed by atoms with E-state index in [1.54, 1.807) is 18.4 Å². The largest absolute Gasteiger partial charge is 0.338 e. The van der Waals surface area contributed by atoms with Crippen molar-refractivity contribution in [2.24, 2.45) is 0 Å². The van der Waals surface area contributed by atoms with Crippen molar-refractivity contribution in [3.8, 4) is 6.07 Å². The SMILES string of the molecule is CS(=O)Nc1ccc(C2CCNCC2)cc1.N#Cc1ccc(CN2CCCC2=O)cc1. The Hall–Kier alpha value is -2.69. The number of nitrogens with one attached hydrogen (secondary N) is 2. The van der Waals surface area contributed by atoms with E-state index in [1.807, 2.05) is 29.2 Å². The maximum atomic E-state index is 11.4. The maximum Gasteiger partial charge on any atom is 0.222 e. The number of benzene rings is 2. The molecule has 2 N–H and O–H groups in total. The molecule has 0 spiro atoms. The molecule has 2 fully saturated rings. The number of nitriles is 1. The van der Waals surface area contributed by atoms with Gasteiger partial charge in [0.05, 0.1) is 11.6 Å². The van der Waals surface area contributed by atoms with Crippen LogP contribution in [0.25, 0.3) is 0 Å². The van der Waals surface area contributed by atoms with Gasteiger partial charge in [0.15, 0.2) is 0 Å². The predicted octanol–water partition coefficient (Wildman–Crippen LogP) is 3.54. The lowest BCUT2D eigenvalue weighted by Crippen LogP contribution is -2.26. The highest BCUT2D eigenvalue weighted by molar-refractivity contribution is 7.85. The molecule has 164 valence electrons. The number of carbonyl (C=O) groups excluding carboxylic acids is 1. The number of hydrogen-bond acceptors (Lipinski definition) is 4. The summed E-state index contributed by atoms with van der Waals surface area (Å²) in [5.41, 5.74) is 4.07. The van der Waals surface area contributed by atoms with Gasteiger partial charge < -0.3 is 14.9 Å². The van der Waals surface area contributed by atoms with Crippen LogP contribution in [0.2, 0.25) is 0 Å². The smallest absolute Gasteiger partial charge is 0.222 e. The summed E-state index contributed by atoms with van der Waals surface area (Å²) < 4.78 is 13.9. The lowest BCUT2D eigenvalue weighted by atomic mass is 9.90. The molecule has 4 rings (SSSR count).